The Kier molecular flexibility index (Phi) is 16.4. The van der Waals surface area contributed by atoms with Gasteiger partial charge in [-0.25, -0.2) is 0 Å². The van der Waals surface area contributed by atoms with E-state index in [2.05, 4.69) is 31.9 Å². The van der Waals surface area contributed by atoms with Crippen molar-refractivity contribution >= 4 is 0 Å². The molecule has 0 aromatic carbocycles. The van der Waals surface area contributed by atoms with E-state index in [4.69, 9.17) is 0 Å². The third kappa shape index (κ3) is 12.0. The van der Waals surface area contributed by atoms with Gasteiger partial charge in [0.2, 0.25) is 0 Å². The molecule has 0 amide bonds. The average Bonchev–Trinajstić information content (AvgIpc) is 2.52. The van der Waals surface area contributed by atoms with Crippen LogP contribution in [-0.2, 0) is 0 Å². The summed E-state index contributed by atoms with van der Waals surface area (Å²) < 4.78 is 0. The Morgan fingerprint density at radius 1 is 0.682 bits per heavy atom. The van der Waals surface area contributed by atoms with Crippen LogP contribution < -0.4 is 0 Å². The molecule has 130 valence electrons. The van der Waals surface area contributed by atoms with Crippen molar-refractivity contribution in [2.45, 2.75) is 96.9 Å². The first kappa shape index (κ1) is 21.4. The summed E-state index contributed by atoms with van der Waals surface area (Å²) in [5.74, 6) is 0. The Balaban J connectivity index is 4.20. The highest BCUT2D eigenvalue weighted by molar-refractivity contribution is 4.84. The lowest BCUT2D eigenvalue weighted by atomic mass is 9.99. The lowest BCUT2D eigenvalue weighted by molar-refractivity contribution is 0.207. The van der Waals surface area contributed by atoms with Gasteiger partial charge in [0, 0.05) is 19.1 Å². The lowest BCUT2D eigenvalue weighted by Crippen LogP contribution is -2.35. The van der Waals surface area contributed by atoms with Crippen LogP contribution in [0.1, 0.15) is 90.9 Å². The van der Waals surface area contributed by atoms with E-state index in [-0.39, 0.29) is 0 Å². The monoisotopic (exact) mass is 307 g/mol. The van der Waals surface area contributed by atoms with E-state index in [1.165, 1.54) is 77.0 Å². The molecule has 0 N–H and O–H groups in total. The van der Waals surface area contributed by atoms with E-state index < -0.39 is 0 Å². The number of hydrogen-bond acceptors (Lipinski definition) is 1. The van der Waals surface area contributed by atoms with E-state index in [9.17, 15) is 0 Å². The van der Waals surface area contributed by atoms with Crippen molar-refractivity contribution in [1.29, 1.82) is 0 Å². The van der Waals surface area contributed by atoms with Crippen molar-refractivity contribution in [3.8, 4) is 0 Å². The standard InChI is InChI=1S/C21H41N/c1-5-9-11-13-15-17-21(18-16-14-12-10-6-2)22(19-7-3)20-8-4/h7-8,21H,3-6,9-20H2,1-2H3. The van der Waals surface area contributed by atoms with E-state index in [1.807, 2.05) is 12.2 Å². The van der Waals surface area contributed by atoms with Gasteiger partial charge >= 0.3 is 0 Å². The molecular weight excluding hydrogens is 266 g/mol. The fraction of sp³-hybridized carbons (Fsp3) is 0.810. The van der Waals surface area contributed by atoms with Crippen molar-refractivity contribution in [1.82, 2.24) is 4.90 Å². The average molecular weight is 308 g/mol. The quantitative estimate of drug-likeness (QED) is 0.212. The van der Waals surface area contributed by atoms with Gasteiger partial charge in [0.25, 0.3) is 0 Å². The smallest absolute Gasteiger partial charge is 0.0166 e. The zero-order valence-electron chi connectivity index (χ0n) is 15.5. The van der Waals surface area contributed by atoms with Gasteiger partial charge < -0.3 is 0 Å². The third-order valence-electron chi connectivity index (χ3n) is 4.53. The van der Waals surface area contributed by atoms with Gasteiger partial charge in [-0.3, -0.25) is 4.90 Å². The van der Waals surface area contributed by atoms with Crippen LogP contribution >= 0.6 is 0 Å². The molecule has 1 heteroatoms. The summed E-state index contributed by atoms with van der Waals surface area (Å²) in [7, 11) is 0. The van der Waals surface area contributed by atoms with E-state index in [0.29, 0.717) is 0 Å². The number of nitrogens with zero attached hydrogens (tertiary/aromatic N) is 1. The van der Waals surface area contributed by atoms with Crippen molar-refractivity contribution in [2.24, 2.45) is 0 Å². The molecule has 0 fully saturated rings. The number of unbranched alkanes of at least 4 members (excludes halogenated alkanes) is 8. The van der Waals surface area contributed by atoms with Crippen LogP contribution in [0.3, 0.4) is 0 Å². The van der Waals surface area contributed by atoms with Crippen molar-refractivity contribution in [3.63, 3.8) is 0 Å². The minimum absolute atomic E-state index is 0.722. The van der Waals surface area contributed by atoms with Crippen LogP contribution in [0.25, 0.3) is 0 Å². The summed E-state index contributed by atoms with van der Waals surface area (Å²) in [6.45, 7) is 14.4. The van der Waals surface area contributed by atoms with Gasteiger partial charge in [-0.2, -0.15) is 0 Å². The van der Waals surface area contributed by atoms with E-state index >= 15 is 0 Å². The Labute approximate surface area is 140 Å². The molecular formula is C21H41N. The fourth-order valence-electron chi connectivity index (χ4n) is 3.18. The van der Waals surface area contributed by atoms with Crippen LogP contribution in [0.2, 0.25) is 0 Å². The fourth-order valence-corrected chi connectivity index (χ4v) is 3.18. The molecule has 0 rings (SSSR count). The molecule has 1 nitrogen and oxygen atoms in total. The Bertz CT molecular complexity index is 222. The zero-order valence-corrected chi connectivity index (χ0v) is 15.5. The molecule has 0 bridgehead atoms. The SMILES string of the molecule is C=CCN(CC=C)C(CCCCCCC)CCCCCCC. The summed E-state index contributed by atoms with van der Waals surface area (Å²) in [4.78, 5) is 2.57. The second-order valence-corrected chi connectivity index (χ2v) is 6.59. The Morgan fingerprint density at radius 2 is 1.09 bits per heavy atom. The van der Waals surface area contributed by atoms with Crippen LogP contribution in [0, 0.1) is 0 Å². The highest BCUT2D eigenvalue weighted by atomic mass is 15.1. The van der Waals surface area contributed by atoms with Crippen LogP contribution in [0.4, 0.5) is 0 Å². The van der Waals surface area contributed by atoms with Crippen LogP contribution in [-0.4, -0.2) is 24.0 Å². The normalized spacial score (nSPS) is 11.3. The van der Waals surface area contributed by atoms with Crippen molar-refractivity contribution in [2.75, 3.05) is 13.1 Å². The highest BCUT2D eigenvalue weighted by Crippen LogP contribution is 2.18. The second-order valence-electron chi connectivity index (χ2n) is 6.59. The van der Waals surface area contributed by atoms with Gasteiger partial charge in [0.1, 0.15) is 0 Å². The summed E-state index contributed by atoms with van der Waals surface area (Å²) >= 11 is 0. The van der Waals surface area contributed by atoms with Gasteiger partial charge in [0.15, 0.2) is 0 Å². The maximum atomic E-state index is 3.93. The maximum Gasteiger partial charge on any atom is 0.0166 e. The van der Waals surface area contributed by atoms with Crippen molar-refractivity contribution < 1.29 is 0 Å². The summed E-state index contributed by atoms with van der Waals surface area (Å²) in [5.41, 5.74) is 0. The zero-order chi connectivity index (χ0) is 16.5. The molecule has 0 atom stereocenters. The van der Waals surface area contributed by atoms with E-state index in [0.717, 1.165) is 19.1 Å². The van der Waals surface area contributed by atoms with Crippen LogP contribution in [0.5, 0.6) is 0 Å². The first-order valence-electron chi connectivity index (χ1n) is 9.75. The molecule has 0 aliphatic heterocycles. The third-order valence-corrected chi connectivity index (χ3v) is 4.53. The number of rotatable bonds is 17. The molecule has 0 aromatic heterocycles. The Morgan fingerprint density at radius 3 is 1.45 bits per heavy atom. The molecule has 0 heterocycles. The summed E-state index contributed by atoms with van der Waals surface area (Å²) in [5, 5.41) is 0. The van der Waals surface area contributed by atoms with Gasteiger partial charge in [0.05, 0.1) is 0 Å². The first-order valence-corrected chi connectivity index (χ1v) is 9.75. The van der Waals surface area contributed by atoms with E-state index in [1.54, 1.807) is 0 Å². The highest BCUT2D eigenvalue weighted by Gasteiger charge is 2.15. The maximum absolute atomic E-state index is 3.93. The molecule has 0 spiro atoms. The number of hydrogen-bond donors (Lipinski definition) is 0. The van der Waals surface area contributed by atoms with Gasteiger partial charge in [-0.1, -0.05) is 90.2 Å². The van der Waals surface area contributed by atoms with Crippen molar-refractivity contribution in [3.05, 3.63) is 25.3 Å². The predicted molar refractivity (Wildman–Crippen MR) is 103 cm³/mol. The predicted octanol–water partition coefficient (Wildman–Crippen LogP) is 6.75. The van der Waals surface area contributed by atoms with Gasteiger partial charge in [-0.15, -0.1) is 13.2 Å². The minimum Gasteiger partial charge on any atom is -0.293 e. The molecule has 0 aliphatic rings. The first-order chi connectivity index (χ1) is 10.8. The Hall–Kier alpha value is -0.560. The second kappa shape index (κ2) is 16.8. The molecule has 0 saturated carbocycles. The largest absolute Gasteiger partial charge is 0.293 e. The van der Waals surface area contributed by atoms with Crippen LogP contribution in [0.15, 0.2) is 25.3 Å². The summed E-state index contributed by atoms with van der Waals surface area (Å²) in [6.07, 6.45) is 20.6. The lowest BCUT2D eigenvalue weighted by Gasteiger charge is -2.30. The molecule has 0 saturated heterocycles. The minimum atomic E-state index is 0.722. The summed E-state index contributed by atoms with van der Waals surface area (Å²) in [6, 6.07) is 0.722. The molecule has 22 heavy (non-hydrogen) atoms. The molecule has 0 aromatic rings. The molecule has 0 radical (unpaired) electrons. The molecule has 0 aliphatic carbocycles. The van der Waals surface area contributed by atoms with Gasteiger partial charge in [-0.05, 0) is 12.8 Å². The molecule has 0 unspecified atom stereocenters. The topological polar surface area (TPSA) is 3.24 Å².